The van der Waals surface area contributed by atoms with Crippen molar-refractivity contribution in [2.24, 2.45) is 0 Å². The van der Waals surface area contributed by atoms with Gasteiger partial charge in [-0.25, -0.2) is 18.5 Å². The molecule has 0 radical (unpaired) electrons. The lowest BCUT2D eigenvalue weighted by Gasteiger charge is -2.21. The maximum absolute atomic E-state index is 13.4. The third-order valence-corrected chi connectivity index (χ3v) is 5.69. The lowest BCUT2D eigenvalue weighted by molar-refractivity contribution is -0.124. The lowest BCUT2D eigenvalue weighted by atomic mass is 10.1. The fraction of sp³-hybridized carbons (Fsp3) is 0.192. The zero-order valence-electron chi connectivity index (χ0n) is 18.5. The Hall–Kier alpha value is -4.07. The molecule has 1 fully saturated rings. The molecule has 0 spiro atoms. The minimum absolute atomic E-state index is 0.00565. The lowest BCUT2D eigenvalue weighted by Crippen LogP contribution is -2.37. The van der Waals surface area contributed by atoms with Gasteiger partial charge in [0.1, 0.15) is 17.7 Å². The number of imide groups is 1. The van der Waals surface area contributed by atoms with E-state index >= 15 is 0 Å². The van der Waals surface area contributed by atoms with Crippen LogP contribution in [0.5, 0.6) is 0 Å². The van der Waals surface area contributed by atoms with Crippen LogP contribution < -0.4 is 10.2 Å². The molecule has 1 aliphatic rings. The van der Waals surface area contributed by atoms with E-state index in [0.29, 0.717) is 11.3 Å². The number of hydrogen-bond acceptors (Lipinski definition) is 3. The van der Waals surface area contributed by atoms with Gasteiger partial charge in [-0.3, -0.25) is 9.59 Å². The van der Waals surface area contributed by atoms with Gasteiger partial charge in [0, 0.05) is 12.2 Å². The second-order valence-corrected chi connectivity index (χ2v) is 8.01. The highest BCUT2D eigenvalue weighted by Crippen LogP contribution is 2.29. The third-order valence-electron chi connectivity index (χ3n) is 5.69. The smallest absolute Gasteiger partial charge is 0.326 e. The molecule has 1 atom stereocenters. The van der Waals surface area contributed by atoms with Crippen molar-refractivity contribution in [1.82, 2.24) is 4.90 Å². The first-order valence-corrected chi connectivity index (χ1v) is 10.9. The molecular formula is C26H23F2N3O3. The summed E-state index contributed by atoms with van der Waals surface area (Å²) in [5.74, 6) is -1.95. The standard InChI is InChI=1S/C26H23F2N3O3/c1-2-17-5-11-21(12-6-17)29-24(32)15-23-25(33)31(22-13-9-20(28)10-14-22)26(34)30(23)16-18-3-7-19(27)8-4-18/h3-14,23H,2,15-16H2,1H3,(H,29,32)/t23-/m0/s1. The van der Waals surface area contributed by atoms with Crippen LogP contribution >= 0.6 is 0 Å². The van der Waals surface area contributed by atoms with Crippen molar-refractivity contribution in [2.45, 2.75) is 32.4 Å². The summed E-state index contributed by atoms with van der Waals surface area (Å²) in [7, 11) is 0. The number of amides is 4. The fourth-order valence-corrected chi connectivity index (χ4v) is 3.84. The Kier molecular flexibility index (Phi) is 6.67. The summed E-state index contributed by atoms with van der Waals surface area (Å²) >= 11 is 0. The summed E-state index contributed by atoms with van der Waals surface area (Å²) in [5.41, 5.74) is 2.51. The molecular weight excluding hydrogens is 440 g/mol. The van der Waals surface area contributed by atoms with E-state index in [0.717, 1.165) is 29.0 Å². The monoisotopic (exact) mass is 463 g/mol. The summed E-state index contributed by atoms with van der Waals surface area (Å²) in [6.45, 7) is 2.03. The number of carbonyl (C=O) groups is 3. The van der Waals surface area contributed by atoms with Crippen LogP contribution in [-0.2, 0) is 22.6 Å². The van der Waals surface area contributed by atoms with Crippen LogP contribution in [0.15, 0.2) is 72.8 Å². The average Bonchev–Trinajstić information content (AvgIpc) is 3.05. The Balaban J connectivity index is 1.58. The molecule has 4 amide bonds. The molecule has 0 unspecified atom stereocenters. The minimum atomic E-state index is -1.07. The number of halogens is 2. The van der Waals surface area contributed by atoms with Crippen molar-refractivity contribution >= 4 is 29.2 Å². The summed E-state index contributed by atoms with van der Waals surface area (Å²) < 4.78 is 26.7. The molecule has 1 aliphatic heterocycles. The summed E-state index contributed by atoms with van der Waals surface area (Å²) in [6, 6.07) is 16.2. The Morgan fingerprint density at radius 3 is 2.00 bits per heavy atom. The first-order chi connectivity index (χ1) is 16.4. The van der Waals surface area contributed by atoms with E-state index < -0.39 is 35.5 Å². The van der Waals surface area contributed by atoms with E-state index in [4.69, 9.17) is 0 Å². The number of anilines is 2. The van der Waals surface area contributed by atoms with Gasteiger partial charge in [0.25, 0.3) is 5.91 Å². The van der Waals surface area contributed by atoms with Crippen LogP contribution in [0.25, 0.3) is 0 Å². The van der Waals surface area contributed by atoms with Gasteiger partial charge in [-0.1, -0.05) is 31.2 Å². The highest BCUT2D eigenvalue weighted by atomic mass is 19.1. The number of benzene rings is 3. The first-order valence-electron chi connectivity index (χ1n) is 10.9. The molecule has 0 bridgehead atoms. The molecule has 3 aromatic rings. The maximum Gasteiger partial charge on any atom is 0.332 e. The van der Waals surface area contributed by atoms with E-state index in [1.165, 1.54) is 41.3 Å². The van der Waals surface area contributed by atoms with Crippen LogP contribution in [0.1, 0.15) is 24.5 Å². The largest absolute Gasteiger partial charge is 0.332 e. The topological polar surface area (TPSA) is 69.7 Å². The molecule has 0 aliphatic carbocycles. The van der Waals surface area contributed by atoms with E-state index in [-0.39, 0.29) is 18.7 Å². The zero-order valence-corrected chi connectivity index (χ0v) is 18.5. The van der Waals surface area contributed by atoms with Gasteiger partial charge in [0.15, 0.2) is 0 Å². The number of nitrogens with one attached hydrogen (secondary N) is 1. The van der Waals surface area contributed by atoms with E-state index in [9.17, 15) is 23.2 Å². The predicted octanol–water partition coefficient (Wildman–Crippen LogP) is 4.89. The van der Waals surface area contributed by atoms with Crippen molar-refractivity contribution in [1.29, 1.82) is 0 Å². The number of aryl methyl sites for hydroxylation is 1. The van der Waals surface area contributed by atoms with Gasteiger partial charge in [0.05, 0.1) is 12.1 Å². The Labute approximate surface area is 195 Å². The highest BCUT2D eigenvalue weighted by Gasteiger charge is 2.46. The second kappa shape index (κ2) is 9.82. The molecule has 0 aromatic heterocycles. The van der Waals surface area contributed by atoms with Gasteiger partial charge >= 0.3 is 6.03 Å². The third kappa shape index (κ3) is 4.96. The van der Waals surface area contributed by atoms with Gasteiger partial charge in [0.2, 0.25) is 5.91 Å². The molecule has 1 N–H and O–H groups in total. The van der Waals surface area contributed by atoms with Gasteiger partial charge < -0.3 is 10.2 Å². The van der Waals surface area contributed by atoms with Gasteiger partial charge in [-0.2, -0.15) is 0 Å². The number of rotatable bonds is 7. The SMILES string of the molecule is CCc1ccc(NC(=O)C[C@H]2C(=O)N(c3ccc(F)cc3)C(=O)N2Cc2ccc(F)cc2)cc1. The Bertz CT molecular complexity index is 1200. The van der Waals surface area contributed by atoms with Crippen LogP contribution in [0.4, 0.5) is 25.0 Å². The molecule has 0 saturated carbocycles. The number of hydrogen-bond donors (Lipinski definition) is 1. The number of carbonyl (C=O) groups excluding carboxylic acids is 3. The average molecular weight is 463 g/mol. The van der Waals surface area contributed by atoms with E-state index in [1.807, 2.05) is 19.1 Å². The van der Waals surface area contributed by atoms with Gasteiger partial charge in [-0.15, -0.1) is 0 Å². The van der Waals surface area contributed by atoms with E-state index in [2.05, 4.69) is 5.32 Å². The number of urea groups is 1. The quantitative estimate of drug-likeness (QED) is 0.507. The van der Waals surface area contributed by atoms with Gasteiger partial charge in [-0.05, 0) is 66.1 Å². The molecule has 3 aromatic carbocycles. The van der Waals surface area contributed by atoms with Crippen molar-refractivity contribution in [3.05, 3.63) is 95.6 Å². The van der Waals surface area contributed by atoms with Crippen molar-refractivity contribution in [2.75, 3.05) is 10.2 Å². The maximum atomic E-state index is 13.4. The molecule has 1 saturated heterocycles. The molecule has 174 valence electrons. The van der Waals surface area contributed by atoms with Crippen LogP contribution in [-0.4, -0.2) is 28.8 Å². The Morgan fingerprint density at radius 1 is 0.853 bits per heavy atom. The molecule has 34 heavy (non-hydrogen) atoms. The first kappa shape index (κ1) is 23.1. The van der Waals surface area contributed by atoms with Crippen molar-refractivity contribution < 1.29 is 23.2 Å². The molecule has 8 heteroatoms. The molecule has 1 heterocycles. The molecule has 6 nitrogen and oxygen atoms in total. The van der Waals surface area contributed by atoms with Crippen molar-refractivity contribution in [3.8, 4) is 0 Å². The highest BCUT2D eigenvalue weighted by molar-refractivity contribution is 6.22. The summed E-state index contributed by atoms with van der Waals surface area (Å²) in [5, 5.41) is 2.76. The van der Waals surface area contributed by atoms with E-state index in [1.54, 1.807) is 12.1 Å². The summed E-state index contributed by atoms with van der Waals surface area (Å²) in [6.07, 6.45) is 0.601. The number of nitrogens with zero attached hydrogens (tertiary/aromatic N) is 2. The Morgan fingerprint density at radius 2 is 1.41 bits per heavy atom. The van der Waals surface area contributed by atoms with Crippen LogP contribution in [0.3, 0.4) is 0 Å². The second-order valence-electron chi connectivity index (χ2n) is 8.01. The van der Waals surface area contributed by atoms with Crippen LogP contribution in [0.2, 0.25) is 0 Å². The normalized spacial score (nSPS) is 15.7. The fourth-order valence-electron chi connectivity index (χ4n) is 3.84. The van der Waals surface area contributed by atoms with Crippen molar-refractivity contribution in [3.63, 3.8) is 0 Å². The predicted molar refractivity (Wildman–Crippen MR) is 124 cm³/mol. The zero-order chi connectivity index (χ0) is 24.2. The summed E-state index contributed by atoms with van der Waals surface area (Å²) in [4.78, 5) is 41.5. The van der Waals surface area contributed by atoms with Crippen LogP contribution in [0, 0.1) is 11.6 Å². The molecule has 4 rings (SSSR count). The minimum Gasteiger partial charge on any atom is -0.326 e.